The molecule has 3 aromatic rings. The van der Waals surface area contributed by atoms with E-state index in [0.717, 1.165) is 0 Å². The molecule has 3 heteroatoms. The summed E-state index contributed by atoms with van der Waals surface area (Å²) in [5.41, 5.74) is 2.82. The van der Waals surface area contributed by atoms with Crippen molar-refractivity contribution in [3.63, 3.8) is 0 Å². The predicted molar refractivity (Wildman–Crippen MR) is 123 cm³/mol. The van der Waals surface area contributed by atoms with Gasteiger partial charge in [-0.1, -0.05) is 0 Å². The first kappa shape index (κ1) is 17.5. The summed E-state index contributed by atoms with van der Waals surface area (Å²) in [7, 11) is 0. The van der Waals surface area contributed by atoms with Gasteiger partial charge >= 0.3 is 175 Å². The molecule has 0 nitrogen and oxygen atoms in total. The van der Waals surface area contributed by atoms with E-state index >= 15 is 0 Å². The number of hydrogen-bond donors (Lipinski definition) is 0. The van der Waals surface area contributed by atoms with Crippen molar-refractivity contribution in [2.75, 3.05) is 11.5 Å². The number of rotatable bonds is 3. The van der Waals surface area contributed by atoms with Crippen molar-refractivity contribution in [3.8, 4) is 0 Å². The summed E-state index contributed by atoms with van der Waals surface area (Å²) in [4.78, 5) is 3.11. The van der Waals surface area contributed by atoms with E-state index in [2.05, 4.69) is 115 Å². The monoisotopic (exact) mass is 446 g/mol. The van der Waals surface area contributed by atoms with Gasteiger partial charge in [-0.15, -0.1) is 0 Å². The third kappa shape index (κ3) is 3.25. The van der Waals surface area contributed by atoms with Crippen LogP contribution in [0.1, 0.15) is 11.1 Å². The summed E-state index contributed by atoms with van der Waals surface area (Å²) >= 11 is 2.54. The molecule has 1 saturated heterocycles. The summed E-state index contributed by atoms with van der Waals surface area (Å²) in [6.07, 6.45) is 0. The Kier molecular flexibility index (Phi) is 5.05. The zero-order valence-electron chi connectivity index (χ0n) is 14.8. The Morgan fingerprint density at radius 2 is 0.926 bits per heavy atom. The molecule has 5 rings (SSSR count). The van der Waals surface area contributed by atoms with E-state index < -0.39 is 14.7 Å². The molecule has 0 unspecified atom stereocenters. The van der Waals surface area contributed by atoms with Crippen LogP contribution in [0.15, 0.2) is 101 Å². The fourth-order valence-electron chi connectivity index (χ4n) is 3.63. The second kappa shape index (κ2) is 7.79. The van der Waals surface area contributed by atoms with Crippen molar-refractivity contribution in [2.45, 2.75) is 0 Å². The van der Waals surface area contributed by atoms with Crippen LogP contribution in [0.2, 0.25) is 0 Å². The average Bonchev–Trinajstić information content (AvgIpc) is 3.11. The third-order valence-electron chi connectivity index (χ3n) is 4.77. The van der Waals surface area contributed by atoms with E-state index in [0.29, 0.717) is 0 Å². The second-order valence-electron chi connectivity index (χ2n) is 6.46. The summed E-state index contributed by atoms with van der Waals surface area (Å²) in [6, 6.07) is 33.4. The van der Waals surface area contributed by atoms with E-state index in [4.69, 9.17) is 0 Å². The van der Waals surface area contributed by atoms with Gasteiger partial charge in [0, 0.05) is 0 Å². The van der Waals surface area contributed by atoms with Crippen LogP contribution >= 0.6 is 23.5 Å². The molecule has 0 spiro atoms. The van der Waals surface area contributed by atoms with Gasteiger partial charge in [0.05, 0.1) is 0 Å². The molecule has 2 heterocycles. The first-order chi connectivity index (χ1) is 13.4. The molecule has 27 heavy (non-hydrogen) atoms. The Bertz CT molecular complexity index is 943. The molecule has 2 aliphatic rings. The van der Waals surface area contributed by atoms with Crippen molar-refractivity contribution in [2.24, 2.45) is 0 Å². The van der Waals surface area contributed by atoms with Gasteiger partial charge in [-0.2, -0.15) is 0 Å². The van der Waals surface area contributed by atoms with Gasteiger partial charge < -0.3 is 0 Å². The van der Waals surface area contributed by atoms with E-state index in [1.807, 2.05) is 0 Å². The molecule has 2 aliphatic heterocycles. The van der Waals surface area contributed by atoms with Crippen LogP contribution in [0.25, 0.3) is 8.72 Å². The molecule has 0 radical (unpaired) electrons. The Labute approximate surface area is 174 Å². The molecule has 0 aromatic heterocycles. The number of thioether (sulfide) groups is 2. The normalized spacial score (nSPS) is 17.3. The van der Waals surface area contributed by atoms with Crippen LogP contribution in [0, 0.1) is 0 Å². The molecule has 0 saturated carbocycles. The number of benzene rings is 3. The summed E-state index contributed by atoms with van der Waals surface area (Å²) < 4.78 is 4.78. The van der Waals surface area contributed by atoms with Crippen LogP contribution in [-0.4, -0.2) is 26.2 Å². The molecule has 0 aliphatic carbocycles. The fourth-order valence-corrected chi connectivity index (χ4v) is 13.7. The molecule has 0 N–H and O–H groups in total. The summed E-state index contributed by atoms with van der Waals surface area (Å²) in [6.45, 7) is 0. The van der Waals surface area contributed by atoms with Crippen LogP contribution in [-0.2, 0) is 0 Å². The molecular formula is C24H19AsS2. The van der Waals surface area contributed by atoms with E-state index in [-0.39, 0.29) is 0 Å². The molecule has 0 amide bonds. The molecule has 0 bridgehead atoms. The zero-order chi connectivity index (χ0) is 18.1. The third-order valence-corrected chi connectivity index (χ3v) is 13.6. The van der Waals surface area contributed by atoms with Crippen molar-refractivity contribution >= 4 is 51.2 Å². The fraction of sp³-hybridized carbons (Fsp3) is 0.0833. The zero-order valence-corrected chi connectivity index (χ0v) is 18.3. The Hall–Kier alpha value is -1.60. The number of hydrogen-bond acceptors (Lipinski definition) is 2. The van der Waals surface area contributed by atoms with Gasteiger partial charge in [0.2, 0.25) is 0 Å². The van der Waals surface area contributed by atoms with Crippen molar-refractivity contribution in [3.05, 3.63) is 112 Å². The van der Waals surface area contributed by atoms with Crippen molar-refractivity contribution < 1.29 is 0 Å². The average molecular weight is 446 g/mol. The Morgan fingerprint density at radius 1 is 0.519 bits per heavy atom. The molecule has 132 valence electrons. The molecule has 1 fully saturated rings. The first-order valence-electron chi connectivity index (χ1n) is 9.14. The van der Waals surface area contributed by atoms with E-state index in [9.17, 15) is 0 Å². The van der Waals surface area contributed by atoms with Gasteiger partial charge in [0.1, 0.15) is 0 Å². The summed E-state index contributed by atoms with van der Waals surface area (Å²) in [5.74, 6) is 2.41. The van der Waals surface area contributed by atoms with Crippen LogP contribution in [0.3, 0.4) is 0 Å². The van der Waals surface area contributed by atoms with Gasteiger partial charge in [0.25, 0.3) is 0 Å². The second-order valence-corrected chi connectivity index (χ2v) is 13.0. The maximum atomic E-state index is 2.35. The number of fused-ring (bicyclic) bond motifs is 1. The Morgan fingerprint density at radius 3 is 1.37 bits per heavy atom. The van der Waals surface area contributed by atoms with Crippen molar-refractivity contribution in [1.29, 1.82) is 0 Å². The van der Waals surface area contributed by atoms with Crippen LogP contribution < -0.4 is 4.35 Å². The van der Waals surface area contributed by atoms with Gasteiger partial charge in [0.15, 0.2) is 0 Å². The van der Waals surface area contributed by atoms with Crippen LogP contribution in [0.5, 0.6) is 0 Å². The van der Waals surface area contributed by atoms with Crippen molar-refractivity contribution in [1.82, 2.24) is 0 Å². The standard InChI is InChI=1S/C24H19AsS2/c1-4-10-18(11-5-1)21-23-24(27-17-16-26-23)22(19-12-6-2-7-13-19)25(21)20-14-8-3-9-15-20/h1-15H,16-17H2. The Balaban J connectivity index is 1.78. The SMILES string of the molecule is c1ccc(C2=C3SCCSC3=C(c3ccccc3)[As]2c2ccccc2)cc1. The van der Waals surface area contributed by atoms with E-state index in [1.165, 1.54) is 27.0 Å². The van der Waals surface area contributed by atoms with Gasteiger partial charge in [-0.05, 0) is 0 Å². The van der Waals surface area contributed by atoms with Gasteiger partial charge in [-0.3, -0.25) is 0 Å². The minimum atomic E-state index is -1.61. The topological polar surface area (TPSA) is 0 Å². The first-order valence-corrected chi connectivity index (χ1v) is 13.9. The molecule has 0 atom stereocenters. The molecule has 3 aromatic carbocycles. The minimum absolute atomic E-state index is 1.21. The predicted octanol–water partition coefficient (Wildman–Crippen LogP) is 5.78. The maximum absolute atomic E-state index is 2.35. The summed E-state index contributed by atoms with van der Waals surface area (Å²) in [5, 5.41) is 0. The van der Waals surface area contributed by atoms with E-state index in [1.54, 1.807) is 18.5 Å². The van der Waals surface area contributed by atoms with Crippen LogP contribution in [0.4, 0.5) is 0 Å². The molecular weight excluding hydrogens is 427 g/mol. The van der Waals surface area contributed by atoms with Gasteiger partial charge in [-0.25, -0.2) is 0 Å². The quantitative estimate of drug-likeness (QED) is 0.468.